The van der Waals surface area contributed by atoms with Crippen molar-refractivity contribution in [1.29, 1.82) is 0 Å². The van der Waals surface area contributed by atoms with Gasteiger partial charge in [-0.15, -0.1) is 12.4 Å². The molecule has 1 N–H and O–H groups in total. The number of carbonyl (C=O) groups excluding carboxylic acids is 1. The van der Waals surface area contributed by atoms with Gasteiger partial charge < -0.3 is 14.7 Å². The highest BCUT2D eigenvalue weighted by Gasteiger charge is 2.33. The molecule has 1 aromatic heterocycles. The summed E-state index contributed by atoms with van der Waals surface area (Å²) in [4.78, 5) is 19.5. The van der Waals surface area contributed by atoms with E-state index < -0.39 is 0 Å². The van der Waals surface area contributed by atoms with E-state index in [1.165, 1.54) is 0 Å². The van der Waals surface area contributed by atoms with Gasteiger partial charge in [-0.05, 0) is 63.4 Å². The highest BCUT2D eigenvalue weighted by Crippen LogP contribution is 2.30. The molecule has 4 rings (SSSR count). The van der Waals surface area contributed by atoms with Crippen LogP contribution in [0.25, 0.3) is 11.4 Å². The molecule has 152 valence electrons. The van der Waals surface area contributed by atoms with Crippen molar-refractivity contribution in [2.75, 3.05) is 19.6 Å². The zero-order valence-corrected chi connectivity index (χ0v) is 17.5. The molecule has 1 amide bonds. The lowest BCUT2D eigenvalue weighted by atomic mass is 9.90. The summed E-state index contributed by atoms with van der Waals surface area (Å²) in [5, 5.41) is 8.21. The standard InChI is InChI=1S/C20H25ClN4O2.ClH/c1-13-11-15(8-9-22-13)20(26)25-10-2-3-16(12-25)19-23-18(24-27-19)14-4-6-17(21)7-5-14;/h4-7,13,15-16,22H,2-3,8-12H2,1H3;1H/t13-,15-,16?;/m0./s1. The second-order valence-electron chi connectivity index (χ2n) is 7.66. The molecule has 1 unspecified atom stereocenters. The fourth-order valence-corrected chi connectivity index (χ4v) is 4.24. The van der Waals surface area contributed by atoms with Gasteiger partial charge in [0.25, 0.3) is 0 Å². The Labute approximate surface area is 176 Å². The van der Waals surface area contributed by atoms with E-state index in [-0.39, 0.29) is 30.2 Å². The number of nitrogens with zero attached hydrogens (tertiary/aromatic N) is 3. The van der Waals surface area contributed by atoms with Crippen molar-refractivity contribution in [1.82, 2.24) is 20.4 Å². The van der Waals surface area contributed by atoms with Crippen LogP contribution in [0.4, 0.5) is 0 Å². The number of carbonyl (C=O) groups is 1. The topological polar surface area (TPSA) is 71.3 Å². The van der Waals surface area contributed by atoms with E-state index in [1.807, 2.05) is 29.2 Å². The fraction of sp³-hybridized carbons (Fsp3) is 0.550. The van der Waals surface area contributed by atoms with Gasteiger partial charge in [0, 0.05) is 35.6 Å². The average Bonchev–Trinajstić information content (AvgIpc) is 3.18. The largest absolute Gasteiger partial charge is 0.342 e. The van der Waals surface area contributed by atoms with Gasteiger partial charge in [0.1, 0.15) is 0 Å². The number of aromatic nitrogens is 2. The van der Waals surface area contributed by atoms with Crippen LogP contribution < -0.4 is 5.32 Å². The molecule has 1 aromatic carbocycles. The minimum atomic E-state index is 0. The highest BCUT2D eigenvalue weighted by atomic mass is 35.5. The van der Waals surface area contributed by atoms with Gasteiger partial charge in [-0.1, -0.05) is 16.8 Å². The maximum Gasteiger partial charge on any atom is 0.231 e. The Morgan fingerprint density at radius 1 is 1.29 bits per heavy atom. The smallest absolute Gasteiger partial charge is 0.231 e. The number of halogens is 2. The second kappa shape index (κ2) is 9.25. The number of nitrogens with one attached hydrogen (secondary N) is 1. The van der Waals surface area contributed by atoms with Crippen molar-refractivity contribution in [3.8, 4) is 11.4 Å². The third-order valence-electron chi connectivity index (χ3n) is 5.60. The van der Waals surface area contributed by atoms with Crippen molar-refractivity contribution >= 4 is 29.9 Å². The van der Waals surface area contributed by atoms with Crippen LogP contribution in [-0.2, 0) is 4.79 Å². The van der Waals surface area contributed by atoms with Gasteiger partial charge in [0.15, 0.2) is 0 Å². The summed E-state index contributed by atoms with van der Waals surface area (Å²) in [5.41, 5.74) is 0.877. The summed E-state index contributed by atoms with van der Waals surface area (Å²) in [6, 6.07) is 7.80. The SMILES string of the molecule is C[C@H]1C[C@@H](C(=O)N2CCCC(c3nc(-c4ccc(Cl)cc4)no3)C2)CCN1.Cl. The summed E-state index contributed by atoms with van der Waals surface area (Å²) in [6.07, 6.45) is 3.77. The maximum absolute atomic E-state index is 13.0. The first-order chi connectivity index (χ1) is 13.1. The van der Waals surface area contributed by atoms with E-state index in [0.717, 1.165) is 44.3 Å². The number of amides is 1. The minimum Gasteiger partial charge on any atom is -0.342 e. The van der Waals surface area contributed by atoms with Crippen LogP contribution in [0.5, 0.6) is 0 Å². The molecule has 0 radical (unpaired) electrons. The molecule has 0 aliphatic carbocycles. The predicted molar refractivity (Wildman–Crippen MR) is 111 cm³/mol. The average molecular weight is 425 g/mol. The molecular weight excluding hydrogens is 399 g/mol. The molecule has 2 aliphatic rings. The Balaban J connectivity index is 0.00000225. The lowest BCUT2D eigenvalue weighted by Crippen LogP contribution is -2.47. The first-order valence-corrected chi connectivity index (χ1v) is 10.1. The Hall–Kier alpha value is -1.63. The quantitative estimate of drug-likeness (QED) is 0.808. The monoisotopic (exact) mass is 424 g/mol. The molecule has 6 nitrogen and oxygen atoms in total. The van der Waals surface area contributed by atoms with Gasteiger partial charge >= 0.3 is 0 Å². The minimum absolute atomic E-state index is 0. The number of piperidine rings is 2. The van der Waals surface area contributed by atoms with E-state index in [9.17, 15) is 4.79 Å². The fourth-order valence-electron chi connectivity index (χ4n) is 4.11. The van der Waals surface area contributed by atoms with Crippen LogP contribution in [0.3, 0.4) is 0 Å². The first kappa shape index (κ1) is 21.1. The Kier molecular flexibility index (Phi) is 6.96. The van der Waals surface area contributed by atoms with Crippen LogP contribution in [0.15, 0.2) is 28.8 Å². The Bertz CT molecular complexity index is 796. The summed E-state index contributed by atoms with van der Waals surface area (Å²) in [6.45, 7) is 4.56. The highest BCUT2D eigenvalue weighted by molar-refractivity contribution is 6.30. The van der Waals surface area contributed by atoms with E-state index in [2.05, 4.69) is 22.4 Å². The predicted octanol–water partition coefficient (Wildman–Crippen LogP) is 3.91. The molecule has 3 atom stereocenters. The molecule has 2 fully saturated rings. The van der Waals surface area contributed by atoms with Crippen molar-refractivity contribution in [3.63, 3.8) is 0 Å². The molecule has 0 spiro atoms. The zero-order valence-electron chi connectivity index (χ0n) is 15.9. The summed E-state index contributed by atoms with van der Waals surface area (Å²) >= 11 is 5.94. The van der Waals surface area contributed by atoms with Crippen LogP contribution in [0, 0.1) is 5.92 Å². The van der Waals surface area contributed by atoms with Crippen molar-refractivity contribution in [2.45, 2.75) is 44.6 Å². The van der Waals surface area contributed by atoms with Crippen LogP contribution >= 0.6 is 24.0 Å². The lowest BCUT2D eigenvalue weighted by Gasteiger charge is -2.36. The summed E-state index contributed by atoms with van der Waals surface area (Å²) in [5.74, 6) is 1.71. The number of rotatable bonds is 3. The van der Waals surface area contributed by atoms with Gasteiger partial charge in [-0.3, -0.25) is 4.79 Å². The molecule has 0 saturated carbocycles. The zero-order chi connectivity index (χ0) is 18.8. The van der Waals surface area contributed by atoms with Crippen LogP contribution in [-0.4, -0.2) is 46.6 Å². The Morgan fingerprint density at radius 3 is 2.82 bits per heavy atom. The maximum atomic E-state index is 13.0. The summed E-state index contributed by atoms with van der Waals surface area (Å²) in [7, 11) is 0. The van der Waals surface area contributed by atoms with Gasteiger partial charge in [0.05, 0.1) is 5.92 Å². The third kappa shape index (κ3) is 4.67. The van der Waals surface area contributed by atoms with E-state index in [1.54, 1.807) is 0 Å². The number of hydrogen-bond acceptors (Lipinski definition) is 5. The molecule has 28 heavy (non-hydrogen) atoms. The molecule has 0 bridgehead atoms. The molecule has 2 aromatic rings. The van der Waals surface area contributed by atoms with Gasteiger partial charge in [0.2, 0.25) is 17.6 Å². The molecule has 8 heteroatoms. The summed E-state index contributed by atoms with van der Waals surface area (Å²) < 4.78 is 5.54. The van der Waals surface area contributed by atoms with Gasteiger partial charge in [-0.2, -0.15) is 4.98 Å². The van der Waals surface area contributed by atoms with E-state index in [4.69, 9.17) is 16.1 Å². The number of hydrogen-bond donors (Lipinski definition) is 1. The van der Waals surface area contributed by atoms with E-state index >= 15 is 0 Å². The number of benzene rings is 1. The van der Waals surface area contributed by atoms with Gasteiger partial charge in [-0.25, -0.2) is 0 Å². The van der Waals surface area contributed by atoms with Crippen LogP contribution in [0.2, 0.25) is 5.02 Å². The van der Waals surface area contributed by atoms with Crippen molar-refractivity contribution in [2.24, 2.45) is 5.92 Å². The molecule has 2 saturated heterocycles. The second-order valence-corrected chi connectivity index (χ2v) is 8.10. The van der Waals surface area contributed by atoms with Crippen LogP contribution in [0.1, 0.15) is 44.4 Å². The molecular formula is C20H26Cl2N4O2. The van der Waals surface area contributed by atoms with Crippen molar-refractivity contribution in [3.05, 3.63) is 35.2 Å². The van der Waals surface area contributed by atoms with E-state index in [0.29, 0.717) is 29.3 Å². The van der Waals surface area contributed by atoms with Crippen molar-refractivity contribution < 1.29 is 9.32 Å². The molecule has 3 heterocycles. The normalized spacial score (nSPS) is 25.2. The Morgan fingerprint density at radius 2 is 2.07 bits per heavy atom. The first-order valence-electron chi connectivity index (χ1n) is 9.72. The number of likely N-dealkylation sites (tertiary alicyclic amines) is 1. The third-order valence-corrected chi connectivity index (χ3v) is 5.85. The molecule has 2 aliphatic heterocycles. The lowest BCUT2D eigenvalue weighted by molar-refractivity contribution is -0.138.